The van der Waals surface area contributed by atoms with Crippen LogP contribution in [0.3, 0.4) is 0 Å². The maximum Gasteiger partial charge on any atom is 0.0946 e. The van der Waals surface area contributed by atoms with Gasteiger partial charge in [-0.05, 0) is 18.1 Å². The third kappa shape index (κ3) is 1.69. The predicted molar refractivity (Wildman–Crippen MR) is 72.5 cm³/mol. The molecule has 2 aromatic rings. The molecule has 1 aliphatic rings. The molecule has 0 saturated carbocycles. The SMILES string of the molecule is Cn1cncc1C(CN)N1CCc2ccccc21. The van der Waals surface area contributed by atoms with E-state index in [0.29, 0.717) is 6.54 Å². The second kappa shape index (κ2) is 4.46. The van der Waals surface area contributed by atoms with Crippen LogP contribution in [0.15, 0.2) is 36.8 Å². The standard InChI is InChI=1S/C14H18N4/c1-17-10-16-9-14(17)13(8-15)18-7-6-11-4-2-3-5-12(11)18/h2-5,9-10,13H,6-8,15H2,1H3. The van der Waals surface area contributed by atoms with E-state index in [2.05, 4.69) is 38.7 Å². The summed E-state index contributed by atoms with van der Waals surface area (Å²) < 4.78 is 2.05. The number of fused-ring (bicyclic) bond motifs is 1. The van der Waals surface area contributed by atoms with E-state index in [9.17, 15) is 0 Å². The first kappa shape index (κ1) is 11.3. The van der Waals surface area contributed by atoms with Crippen molar-refractivity contribution in [3.8, 4) is 0 Å². The van der Waals surface area contributed by atoms with Gasteiger partial charge in [0, 0.05) is 25.8 Å². The maximum absolute atomic E-state index is 5.99. The highest BCUT2D eigenvalue weighted by Gasteiger charge is 2.27. The van der Waals surface area contributed by atoms with Gasteiger partial charge in [-0.15, -0.1) is 0 Å². The second-order valence-electron chi connectivity index (χ2n) is 4.75. The zero-order valence-electron chi connectivity index (χ0n) is 10.6. The molecule has 4 nitrogen and oxygen atoms in total. The van der Waals surface area contributed by atoms with E-state index in [0.717, 1.165) is 13.0 Å². The minimum absolute atomic E-state index is 0.209. The lowest BCUT2D eigenvalue weighted by Gasteiger charge is -2.29. The number of para-hydroxylation sites is 1. The van der Waals surface area contributed by atoms with E-state index < -0.39 is 0 Å². The number of aryl methyl sites for hydroxylation is 1. The molecule has 0 saturated heterocycles. The van der Waals surface area contributed by atoms with Gasteiger partial charge in [-0.1, -0.05) is 18.2 Å². The predicted octanol–water partition coefficient (Wildman–Crippen LogP) is 1.48. The second-order valence-corrected chi connectivity index (χ2v) is 4.75. The summed E-state index contributed by atoms with van der Waals surface area (Å²) in [5.41, 5.74) is 9.89. The lowest BCUT2D eigenvalue weighted by molar-refractivity contribution is 0.607. The number of hydrogen-bond acceptors (Lipinski definition) is 3. The first-order chi connectivity index (χ1) is 8.81. The number of imidazole rings is 1. The number of aromatic nitrogens is 2. The number of hydrogen-bond donors (Lipinski definition) is 1. The number of nitrogens with zero attached hydrogens (tertiary/aromatic N) is 3. The van der Waals surface area contributed by atoms with E-state index in [1.165, 1.54) is 16.9 Å². The van der Waals surface area contributed by atoms with Crippen LogP contribution in [-0.4, -0.2) is 22.6 Å². The largest absolute Gasteiger partial charge is 0.361 e. The van der Waals surface area contributed by atoms with Gasteiger partial charge in [-0.25, -0.2) is 4.98 Å². The highest BCUT2D eigenvalue weighted by atomic mass is 15.2. The molecule has 0 bridgehead atoms. The van der Waals surface area contributed by atoms with Crippen LogP contribution in [0.5, 0.6) is 0 Å². The molecule has 2 heterocycles. The van der Waals surface area contributed by atoms with Crippen molar-refractivity contribution in [2.24, 2.45) is 12.8 Å². The van der Waals surface area contributed by atoms with Crippen molar-refractivity contribution in [3.63, 3.8) is 0 Å². The lowest BCUT2D eigenvalue weighted by atomic mass is 10.1. The molecule has 0 radical (unpaired) electrons. The topological polar surface area (TPSA) is 47.1 Å². The Balaban J connectivity index is 1.98. The molecule has 1 aromatic heterocycles. The summed E-state index contributed by atoms with van der Waals surface area (Å²) in [6.07, 6.45) is 4.85. The van der Waals surface area contributed by atoms with Crippen LogP contribution in [0.1, 0.15) is 17.3 Å². The Morgan fingerprint density at radius 2 is 2.22 bits per heavy atom. The van der Waals surface area contributed by atoms with Crippen molar-refractivity contribution in [2.45, 2.75) is 12.5 Å². The van der Waals surface area contributed by atoms with E-state index in [4.69, 9.17) is 5.73 Å². The van der Waals surface area contributed by atoms with Gasteiger partial charge >= 0.3 is 0 Å². The van der Waals surface area contributed by atoms with Gasteiger partial charge in [-0.2, -0.15) is 0 Å². The normalized spacial score (nSPS) is 15.8. The van der Waals surface area contributed by atoms with Crippen LogP contribution in [0.25, 0.3) is 0 Å². The van der Waals surface area contributed by atoms with Gasteiger partial charge in [0.1, 0.15) is 0 Å². The fourth-order valence-corrected chi connectivity index (χ4v) is 2.78. The number of anilines is 1. The minimum Gasteiger partial charge on any atom is -0.361 e. The number of rotatable bonds is 3. The van der Waals surface area contributed by atoms with E-state index in [-0.39, 0.29) is 6.04 Å². The van der Waals surface area contributed by atoms with E-state index in [1.807, 2.05) is 19.6 Å². The zero-order valence-corrected chi connectivity index (χ0v) is 10.6. The van der Waals surface area contributed by atoms with Crippen molar-refractivity contribution < 1.29 is 0 Å². The van der Waals surface area contributed by atoms with Gasteiger partial charge in [0.25, 0.3) is 0 Å². The molecule has 1 atom stereocenters. The van der Waals surface area contributed by atoms with Crippen LogP contribution in [0.4, 0.5) is 5.69 Å². The maximum atomic E-state index is 5.99. The smallest absolute Gasteiger partial charge is 0.0946 e. The van der Waals surface area contributed by atoms with Crippen molar-refractivity contribution in [1.82, 2.24) is 9.55 Å². The molecule has 0 spiro atoms. The van der Waals surface area contributed by atoms with Crippen LogP contribution >= 0.6 is 0 Å². The third-order valence-electron chi connectivity index (χ3n) is 3.72. The highest BCUT2D eigenvalue weighted by molar-refractivity contribution is 5.59. The molecule has 94 valence electrons. The van der Waals surface area contributed by atoms with Crippen molar-refractivity contribution in [3.05, 3.63) is 48.0 Å². The summed E-state index contributed by atoms with van der Waals surface area (Å²) in [5, 5.41) is 0. The van der Waals surface area contributed by atoms with Crippen LogP contribution in [0, 0.1) is 0 Å². The van der Waals surface area contributed by atoms with Crippen molar-refractivity contribution in [2.75, 3.05) is 18.0 Å². The molecule has 1 unspecified atom stereocenters. The fourth-order valence-electron chi connectivity index (χ4n) is 2.78. The Hall–Kier alpha value is -1.81. The lowest BCUT2D eigenvalue weighted by Crippen LogP contribution is -2.33. The zero-order chi connectivity index (χ0) is 12.5. The summed E-state index contributed by atoms with van der Waals surface area (Å²) in [5.74, 6) is 0. The summed E-state index contributed by atoms with van der Waals surface area (Å²) in [7, 11) is 2.02. The average molecular weight is 242 g/mol. The molecule has 0 aliphatic carbocycles. The molecular weight excluding hydrogens is 224 g/mol. The Bertz CT molecular complexity index is 546. The third-order valence-corrected chi connectivity index (χ3v) is 3.72. The Kier molecular flexibility index (Phi) is 2.80. The first-order valence-corrected chi connectivity index (χ1v) is 6.32. The summed E-state index contributed by atoms with van der Waals surface area (Å²) in [6.45, 7) is 1.64. The van der Waals surface area contributed by atoms with E-state index >= 15 is 0 Å². The fraction of sp³-hybridized carbons (Fsp3) is 0.357. The molecule has 1 aliphatic heterocycles. The molecule has 0 amide bonds. The Morgan fingerprint density at radius 1 is 1.39 bits per heavy atom. The van der Waals surface area contributed by atoms with Gasteiger partial charge in [0.05, 0.1) is 24.3 Å². The van der Waals surface area contributed by atoms with Gasteiger partial charge in [-0.3, -0.25) is 0 Å². The minimum atomic E-state index is 0.209. The summed E-state index contributed by atoms with van der Waals surface area (Å²) in [6, 6.07) is 8.78. The number of benzene rings is 1. The first-order valence-electron chi connectivity index (χ1n) is 6.32. The molecule has 3 rings (SSSR count). The number of nitrogens with two attached hydrogens (primary N) is 1. The summed E-state index contributed by atoms with van der Waals surface area (Å²) in [4.78, 5) is 6.59. The van der Waals surface area contributed by atoms with Crippen molar-refractivity contribution >= 4 is 5.69 Å². The molecule has 1 aromatic carbocycles. The van der Waals surface area contributed by atoms with Crippen molar-refractivity contribution in [1.29, 1.82) is 0 Å². The molecule has 18 heavy (non-hydrogen) atoms. The van der Waals surface area contributed by atoms with Crippen LogP contribution in [0.2, 0.25) is 0 Å². The average Bonchev–Trinajstić information content (AvgIpc) is 2.99. The van der Waals surface area contributed by atoms with Gasteiger partial charge in [0.2, 0.25) is 0 Å². The molecular formula is C14H18N4. The molecule has 4 heteroatoms. The van der Waals surface area contributed by atoms with Crippen LogP contribution < -0.4 is 10.6 Å². The Morgan fingerprint density at radius 3 is 2.94 bits per heavy atom. The van der Waals surface area contributed by atoms with Crippen LogP contribution in [-0.2, 0) is 13.5 Å². The van der Waals surface area contributed by atoms with E-state index in [1.54, 1.807) is 0 Å². The van der Waals surface area contributed by atoms with Gasteiger partial charge in [0.15, 0.2) is 0 Å². The molecule has 2 N–H and O–H groups in total. The monoisotopic (exact) mass is 242 g/mol. The Labute approximate surface area is 107 Å². The quantitative estimate of drug-likeness (QED) is 0.887. The highest BCUT2D eigenvalue weighted by Crippen LogP contribution is 2.34. The summed E-state index contributed by atoms with van der Waals surface area (Å²) >= 11 is 0. The van der Waals surface area contributed by atoms with Gasteiger partial charge < -0.3 is 15.2 Å². The molecule has 0 fully saturated rings.